The van der Waals surface area contributed by atoms with Gasteiger partial charge in [-0.2, -0.15) is 0 Å². The summed E-state index contributed by atoms with van der Waals surface area (Å²) in [5.41, 5.74) is 0.429. The summed E-state index contributed by atoms with van der Waals surface area (Å²) in [7, 11) is 0. The molecule has 0 radical (unpaired) electrons. The first kappa shape index (κ1) is 14.8. The first-order valence-corrected chi connectivity index (χ1v) is 6.99. The summed E-state index contributed by atoms with van der Waals surface area (Å²) in [6.45, 7) is 2.01. The van der Waals surface area contributed by atoms with Crippen molar-refractivity contribution in [1.82, 2.24) is 4.90 Å². The van der Waals surface area contributed by atoms with Crippen molar-refractivity contribution in [3.8, 4) is 0 Å². The molecule has 1 unspecified atom stereocenters. The van der Waals surface area contributed by atoms with E-state index in [2.05, 4.69) is 0 Å². The second-order valence-electron chi connectivity index (χ2n) is 5.28. The van der Waals surface area contributed by atoms with E-state index < -0.39 is 24.1 Å². The van der Waals surface area contributed by atoms with Crippen molar-refractivity contribution >= 4 is 6.09 Å². The van der Waals surface area contributed by atoms with Gasteiger partial charge >= 0.3 is 6.09 Å². The van der Waals surface area contributed by atoms with Crippen LogP contribution in [0.1, 0.15) is 44.3 Å². The van der Waals surface area contributed by atoms with Gasteiger partial charge in [0.25, 0.3) is 0 Å². The molecule has 0 spiro atoms. The second-order valence-corrected chi connectivity index (χ2v) is 5.28. The largest absolute Gasteiger partial charge is 0.465 e. The van der Waals surface area contributed by atoms with Crippen LogP contribution in [-0.2, 0) is 0 Å². The molecule has 4 nitrogen and oxygen atoms in total. The molecule has 5 heteroatoms. The summed E-state index contributed by atoms with van der Waals surface area (Å²) in [5.74, 6) is -0.425. The third-order valence-electron chi connectivity index (χ3n) is 3.94. The topological polar surface area (TPSA) is 60.8 Å². The Hall–Kier alpha value is -1.62. The van der Waals surface area contributed by atoms with E-state index in [1.807, 2.05) is 6.92 Å². The molecule has 1 aromatic rings. The van der Waals surface area contributed by atoms with Gasteiger partial charge in [-0.05, 0) is 37.0 Å². The third kappa shape index (κ3) is 2.93. The third-order valence-corrected chi connectivity index (χ3v) is 3.94. The molecule has 1 amide bonds. The lowest BCUT2D eigenvalue weighted by atomic mass is 10.0. The number of amides is 1. The maximum Gasteiger partial charge on any atom is 0.407 e. The van der Waals surface area contributed by atoms with Gasteiger partial charge in [0.1, 0.15) is 5.82 Å². The lowest BCUT2D eigenvalue weighted by Crippen LogP contribution is -2.43. The minimum Gasteiger partial charge on any atom is -0.465 e. The molecule has 2 N–H and O–H groups in total. The Morgan fingerprint density at radius 2 is 2.25 bits per heavy atom. The molecule has 110 valence electrons. The number of rotatable bonds is 4. The highest BCUT2D eigenvalue weighted by Crippen LogP contribution is 2.35. The predicted octanol–water partition coefficient (Wildman–Crippen LogP) is 3.17. The fourth-order valence-corrected chi connectivity index (χ4v) is 3.05. The first-order valence-electron chi connectivity index (χ1n) is 6.99. The predicted molar refractivity (Wildman–Crippen MR) is 72.9 cm³/mol. The molecule has 1 aromatic carbocycles. The van der Waals surface area contributed by atoms with Crippen molar-refractivity contribution in [2.24, 2.45) is 0 Å². The number of halogens is 1. The summed E-state index contributed by atoms with van der Waals surface area (Å²) in [5, 5.41) is 19.8. The quantitative estimate of drug-likeness (QED) is 0.891. The maximum absolute atomic E-state index is 13.2. The number of aliphatic hydroxyl groups is 1. The summed E-state index contributed by atoms with van der Waals surface area (Å²) in [6.07, 6.45) is 1.05. The van der Waals surface area contributed by atoms with Crippen LogP contribution in [0.5, 0.6) is 0 Å². The van der Waals surface area contributed by atoms with Crippen LogP contribution in [0.25, 0.3) is 0 Å². The lowest BCUT2D eigenvalue weighted by Gasteiger charge is -2.30. The number of aliphatic hydroxyl groups excluding tert-OH is 1. The molecule has 3 atom stereocenters. The van der Waals surface area contributed by atoms with Crippen molar-refractivity contribution in [3.05, 3.63) is 35.6 Å². The summed E-state index contributed by atoms with van der Waals surface area (Å²) >= 11 is 0. The Morgan fingerprint density at radius 3 is 2.85 bits per heavy atom. The molecule has 1 heterocycles. The molecule has 20 heavy (non-hydrogen) atoms. The minimum absolute atomic E-state index is 0.0503. The minimum atomic E-state index is -1.01. The number of likely N-dealkylation sites (tertiary alicyclic amines) is 1. The second kappa shape index (κ2) is 6.22. The highest BCUT2D eigenvalue weighted by molar-refractivity contribution is 5.66. The Balaban J connectivity index is 2.20. The number of hydrogen-bond acceptors (Lipinski definition) is 2. The Morgan fingerprint density at radius 1 is 1.50 bits per heavy atom. The zero-order valence-corrected chi connectivity index (χ0v) is 11.5. The van der Waals surface area contributed by atoms with E-state index in [-0.39, 0.29) is 6.04 Å². The van der Waals surface area contributed by atoms with E-state index in [1.54, 1.807) is 6.07 Å². The number of nitrogens with zero attached hydrogens (tertiary/aromatic N) is 1. The molecule has 1 aliphatic heterocycles. The molecule has 0 saturated carbocycles. The van der Waals surface area contributed by atoms with Crippen LogP contribution in [0.3, 0.4) is 0 Å². The van der Waals surface area contributed by atoms with Crippen molar-refractivity contribution in [3.63, 3.8) is 0 Å². The highest BCUT2D eigenvalue weighted by atomic mass is 19.1. The highest BCUT2D eigenvalue weighted by Gasteiger charge is 2.40. The van der Waals surface area contributed by atoms with Gasteiger partial charge in [0.05, 0.1) is 12.1 Å². The van der Waals surface area contributed by atoms with Crippen LogP contribution in [-0.4, -0.2) is 33.3 Å². The Bertz CT molecular complexity index is 480. The number of carboxylic acid groups (broad SMARTS) is 1. The smallest absolute Gasteiger partial charge is 0.407 e. The van der Waals surface area contributed by atoms with Gasteiger partial charge in [-0.1, -0.05) is 25.5 Å². The molecule has 2 rings (SSSR count). The zero-order chi connectivity index (χ0) is 14.7. The fourth-order valence-electron chi connectivity index (χ4n) is 3.05. The van der Waals surface area contributed by atoms with E-state index in [0.717, 1.165) is 19.3 Å². The van der Waals surface area contributed by atoms with Crippen molar-refractivity contribution in [2.75, 3.05) is 0 Å². The van der Waals surface area contributed by atoms with Crippen LogP contribution >= 0.6 is 0 Å². The number of hydrogen-bond donors (Lipinski definition) is 2. The van der Waals surface area contributed by atoms with Crippen LogP contribution in [0.15, 0.2) is 24.3 Å². The molecule has 1 saturated heterocycles. The van der Waals surface area contributed by atoms with E-state index >= 15 is 0 Å². The van der Waals surface area contributed by atoms with Gasteiger partial charge < -0.3 is 10.2 Å². The van der Waals surface area contributed by atoms with E-state index in [4.69, 9.17) is 0 Å². The molecular weight excluding hydrogens is 261 g/mol. The van der Waals surface area contributed by atoms with Crippen LogP contribution in [0.2, 0.25) is 0 Å². The SMILES string of the molecule is CCC[C@@H]1CC[C@H](C(O)c2cccc(F)c2)N1C(=O)O. The van der Waals surface area contributed by atoms with Gasteiger partial charge in [0.15, 0.2) is 0 Å². The normalized spacial score (nSPS) is 23.9. The van der Waals surface area contributed by atoms with Crippen molar-refractivity contribution in [2.45, 2.75) is 50.8 Å². The molecule has 0 aromatic heterocycles. The van der Waals surface area contributed by atoms with Gasteiger partial charge in [-0.15, -0.1) is 0 Å². The Kier molecular flexibility index (Phi) is 4.60. The zero-order valence-electron chi connectivity index (χ0n) is 11.5. The Labute approximate surface area is 117 Å². The molecule has 0 bridgehead atoms. The molecule has 1 aliphatic rings. The van der Waals surface area contributed by atoms with Gasteiger partial charge in [0.2, 0.25) is 0 Å². The monoisotopic (exact) mass is 281 g/mol. The van der Waals surface area contributed by atoms with Crippen LogP contribution in [0, 0.1) is 5.82 Å². The van der Waals surface area contributed by atoms with Crippen molar-refractivity contribution < 1.29 is 19.4 Å². The van der Waals surface area contributed by atoms with E-state index in [9.17, 15) is 19.4 Å². The average molecular weight is 281 g/mol. The molecule has 0 aliphatic carbocycles. The maximum atomic E-state index is 13.2. The first-order chi connectivity index (χ1) is 9.54. The van der Waals surface area contributed by atoms with Gasteiger partial charge in [-0.25, -0.2) is 9.18 Å². The van der Waals surface area contributed by atoms with Gasteiger partial charge in [-0.3, -0.25) is 4.90 Å². The number of benzene rings is 1. The lowest BCUT2D eigenvalue weighted by molar-refractivity contribution is 0.0525. The van der Waals surface area contributed by atoms with Gasteiger partial charge in [0, 0.05) is 6.04 Å². The van der Waals surface area contributed by atoms with Crippen LogP contribution < -0.4 is 0 Å². The number of carbonyl (C=O) groups is 1. The molecule has 1 fully saturated rings. The summed E-state index contributed by atoms with van der Waals surface area (Å²) in [6, 6.07) is 5.17. The van der Waals surface area contributed by atoms with E-state index in [1.165, 1.54) is 23.1 Å². The summed E-state index contributed by atoms with van der Waals surface area (Å²) < 4.78 is 13.2. The standard InChI is InChI=1S/C15H20FNO3/c1-2-4-12-7-8-13(17(12)15(19)20)14(18)10-5-3-6-11(16)9-10/h3,5-6,9,12-14,18H,2,4,7-8H2,1H3,(H,19,20)/t12-,13-,14?/m1/s1. The van der Waals surface area contributed by atoms with Crippen LogP contribution in [0.4, 0.5) is 9.18 Å². The summed E-state index contributed by atoms with van der Waals surface area (Å²) in [4.78, 5) is 12.8. The van der Waals surface area contributed by atoms with Crippen molar-refractivity contribution in [1.29, 1.82) is 0 Å². The fraction of sp³-hybridized carbons (Fsp3) is 0.533. The average Bonchev–Trinajstić information content (AvgIpc) is 2.82. The molecular formula is C15H20FNO3. The van der Waals surface area contributed by atoms with E-state index in [0.29, 0.717) is 12.0 Å².